The Morgan fingerprint density at radius 2 is 1.30 bits per heavy atom. The van der Waals surface area contributed by atoms with Crippen LogP contribution in [0.2, 0.25) is 0 Å². The van der Waals surface area contributed by atoms with Crippen molar-refractivity contribution in [2.75, 3.05) is 6.54 Å². The molecule has 6 nitrogen and oxygen atoms in total. The Bertz CT molecular complexity index is 712. The van der Waals surface area contributed by atoms with Gasteiger partial charge in [0.2, 0.25) is 5.91 Å². The number of benzene rings is 2. The topological polar surface area (TPSA) is 122 Å². The number of halogens is 1. The van der Waals surface area contributed by atoms with Crippen molar-refractivity contribution in [3.63, 3.8) is 0 Å². The number of rotatable bonds is 5. The van der Waals surface area contributed by atoms with Gasteiger partial charge in [0.25, 0.3) is 5.91 Å². The molecule has 0 heterocycles. The summed E-state index contributed by atoms with van der Waals surface area (Å²) in [7, 11) is 0. The zero-order valence-corrected chi connectivity index (χ0v) is 13.0. The summed E-state index contributed by atoms with van der Waals surface area (Å²) >= 11 is 0. The molecule has 0 aromatic heterocycles. The first-order chi connectivity index (χ1) is 10.5. The fourth-order valence-corrected chi connectivity index (χ4v) is 1.93. The molecule has 0 aliphatic rings. The van der Waals surface area contributed by atoms with Crippen LogP contribution >= 0.6 is 12.4 Å². The Morgan fingerprint density at radius 1 is 0.870 bits per heavy atom. The number of primary amides is 1. The molecule has 23 heavy (non-hydrogen) atoms. The molecule has 120 valence electrons. The first-order valence-corrected chi connectivity index (χ1v) is 6.59. The molecule has 0 aliphatic heterocycles. The van der Waals surface area contributed by atoms with Crippen LogP contribution < -0.4 is 16.8 Å². The molecule has 7 heteroatoms. The lowest BCUT2D eigenvalue weighted by Gasteiger charge is -2.06. The van der Waals surface area contributed by atoms with Gasteiger partial charge < -0.3 is 16.8 Å². The highest BCUT2D eigenvalue weighted by molar-refractivity contribution is 5.97. The van der Waals surface area contributed by atoms with Crippen LogP contribution in [0.1, 0.15) is 15.9 Å². The molecule has 0 bridgehead atoms. The minimum atomic E-state index is -0.587. The maximum Gasteiger partial charge on any atom is 0.251 e. The van der Waals surface area contributed by atoms with E-state index in [-0.39, 0.29) is 30.7 Å². The first-order valence-electron chi connectivity index (χ1n) is 6.59. The fourth-order valence-electron chi connectivity index (χ4n) is 1.93. The van der Waals surface area contributed by atoms with Gasteiger partial charge in [-0.25, -0.2) is 0 Å². The molecule has 0 spiro atoms. The minimum absolute atomic E-state index is 0. The Labute approximate surface area is 139 Å². The quantitative estimate of drug-likeness (QED) is 0.487. The lowest BCUT2D eigenvalue weighted by molar-refractivity contribution is -0.117. The number of nitrogens with one attached hydrogen (secondary N) is 2. The summed E-state index contributed by atoms with van der Waals surface area (Å²) < 4.78 is 0. The van der Waals surface area contributed by atoms with Gasteiger partial charge in [0, 0.05) is 11.1 Å². The minimum Gasteiger partial charge on any atom is -0.384 e. The second-order valence-electron chi connectivity index (χ2n) is 4.72. The Hall–Kier alpha value is -2.86. The van der Waals surface area contributed by atoms with E-state index in [1.54, 1.807) is 24.3 Å². The van der Waals surface area contributed by atoms with Gasteiger partial charge in [-0.1, -0.05) is 36.4 Å². The Kier molecular flexibility index (Phi) is 6.29. The summed E-state index contributed by atoms with van der Waals surface area (Å²) in [5, 5.41) is 9.78. The highest BCUT2D eigenvalue weighted by Crippen LogP contribution is 2.20. The van der Waals surface area contributed by atoms with Crippen LogP contribution in [0.4, 0.5) is 0 Å². The van der Waals surface area contributed by atoms with E-state index in [0.29, 0.717) is 11.1 Å². The average molecular weight is 333 g/mol. The second kappa shape index (κ2) is 7.95. The number of amidine groups is 1. The summed E-state index contributed by atoms with van der Waals surface area (Å²) in [6.45, 7) is -0.187. The van der Waals surface area contributed by atoms with Crippen molar-refractivity contribution in [3.8, 4) is 11.1 Å². The summed E-state index contributed by atoms with van der Waals surface area (Å²) in [5.74, 6) is -0.916. The van der Waals surface area contributed by atoms with E-state index in [0.717, 1.165) is 11.1 Å². The van der Waals surface area contributed by atoms with E-state index in [4.69, 9.17) is 16.9 Å². The Morgan fingerprint density at radius 3 is 1.70 bits per heavy atom. The molecule has 6 N–H and O–H groups in total. The first kappa shape index (κ1) is 18.2. The summed E-state index contributed by atoms with van der Waals surface area (Å²) in [6.07, 6.45) is 0. The molecular formula is C16H17ClN4O2. The van der Waals surface area contributed by atoms with Gasteiger partial charge in [0.1, 0.15) is 5.84 Å². The molecule has 2 aromatic carbocycles. The van der Waals surface area contributed by atoms with Crippen LogP contribution in [0.3, 0.4) is 0 Å². The lowest BCUT2D eigenvalue weighted by atomic mass is 10.0. The molecular weight excluding hydrogens is 316 g/mol. The van der Waals surface area contributed by atoms with E-state index in [9.17, 15) is 9.59 Å². The van der Waals surface area contributed by atoms with Gasteiger partial charge in [-0.15, -0.1) is 12.4 Å². The lowest BCUT2D eigenvalue weighted by Crippen LogP contribution is -2.33. The number of carbonyl (C=O) groups is 2. The van der Waals surface area contributed by atoms with Gasteiger partial charge in [-0.3, -0.25) is 15.0 Å². The molecule has 0 saturated heterocycles. The average Bonchev–Trinajstić information content (AvgIpc) is 2.53. The van der Waals surface area contributed by atoms with Crippen molar-refractivity contribution in [1.29, 1.82) is 5.41 Å². The molecule has 2 aromatic rings. The highest BCUT2D eigenvalue weighted by Gasteiger charge is 2.07. The zero-order chi connectivity index (χ0) is 16.1. The van der Waals surface area contributed by atoms with Crippen molar-refractivity contribution in [2.45, 2.75) is 0 Å². The zero-order valence-electron chi connectivity index (χ0n) is 12.2. The highest BCUT2D eigenvalue weighted by atomic mass is 35.5. The van der Waals surface area contributed by atoms with Crippen LogP contribution in [0.15, 0.2) is 48.5 Å². The van der Waals surface area contributed by atoms with Crippen molar-refractivity contribution in [3.05, 3.63) is 59.7 Å². The smallest absolute Gasteiger partial charge is 0.251 e. The van der Waals surface area contributed by atoms with Gasteiger partial charge in [-0.2, -0.15) is 0 Å². The van der Waals surface area contributed by atoms with Crippen molar-refractivity contribution >= 4 is 30.1 Å². The molecule has 0 unspecified atom stereocenters. The standard InChI is InChI=1S/C16H16N4O2.ClH/c17-14(21)9-20-16(22)13-7-3-11(4-8-13)10-1-5-12(6-2-10)15(18)19;/h1-8H,9H2,(H2,17,21)(H3,18,19)(H,20,22);1H. The van der Waals surface area contributed by atoms with Crippen molar-refractivity contribution in [2.24, 2.45) is 11.5 Å². The predicted octanol–water partition coefficient (Wildman–Crippen LogP) is 1.27. The van der Waals surface area contributed by atoms with E-state index in [2.05, 4.69) is 5.32 Å². The fraction of sp³-hybridized carbons (Fsp3) is 0.0625. The third-order valence-electron chi connectivity index (χ3n) is 3.10. The summed E-state index contributed by atoms with van der Waals surface area (Å²) in [5.41, 5.74) is 13.4. The number of hydrogen-bond acceptors (Lipinski definition) is 3. The molecule has 0 atom stereocenters. The second-order valence-corrected chi connectivity index (χ2v) is 4.72. The van der Waals surface area contributed by atoms with Crippen molar-refractivity contribution < 1.29 is 9.59 Å². The SMILES string of the molecule is Cl.N=C(N)c1ccc(-c2ccc(C(=O)NCC(N)=O)cc2)cc1. The summed E-state index contributed by atoms with van der Waals surface area (Å²) in [6, 6.07) is 14.2. The number of nitrogen functional groups attached to an aromatic ring is 1. The monoisotopic (exact) mass is 332 g/mol. The molecule has 0 radical (unpaired) electrons. The van der Waals surface area contributed by atoms with Gasteiger partial charge >= 0.3 is 0 Å². The van der Waals surface area contributed by atoms with Gasteiger partial charge in [0.05, 0.1) is 6.54 Å². The number of nitrogens with two attached hydrogens (primary N) is 2. The third kappa shape index (κ3) is 4.82. The molecule has 2 rings (SSSR count). The Balaban J connectivity index is 0.00000264. The van der Waals surface area contributed by atoms with E-state index in [1.165, 1.54) is 0 Å². The molecule has 0 fully saturated rings. The number of hydrogen-bond donors (Lipinski definition) is 4. The largest absolute Gasteiger partial charge is 0.384 e. The predicted molar refractivity (Wildman–Crippen MR) is 91.7 cm³/mol. The molecule has 0 saturated carbocycles. The van der Waals surface area contributed by atoms with E-state index in [1.807, 2.05) is 24.3 Å². The van der Waals surface area contributed by atoms with Gasteiger partial charge in [-0.05, 0) is 23.3 Å². The number of amides is 2. The normalized spacial score (nSPS) is 9.57. The third-order valence-corrected chi connectivity index (χ3v) is 3.10. The van der Waals surface area contributed by atoms with Crippen LogP contribution in [0.25, 0.3) is 11.1 Å². The van der Waals surface area contributed by atoms with Crippen LogP contribution in [-0.2, 0) is 4.79 Å². The maximum atomic E-state index is 11.8. The van der Waals surface area contributed by atoms with Crippen LogP contribution in [0.5, 0.6) is 0 Å². The number of carbonyl (C=O) groups excluding carboxylic acids is 2. The van der Waals surface area contributed by atoms with E-state index >= 15 is 0 Å². The van der Waals surface area contributed by atoms with Crippen LogP contribution in [-0.4, -0.2) is 24.2 Å². The molecule has 2 amide bonds. The van der Waals surface area contributed by atoms with E-state index < -0.39 is 5.91 Å². The summed E-state index contributed by atoms with van der Waals surface area (Å²) in [4.78, 5) is 22.4. The van der Waals surface area contributed by atoms with Gasteiger partial charge in [0.15, 0.2) is 0 Å². The maximum absolute atomic E-state index is 11.8. The van der Waals surface area contributed by atoms with Crippen molar-refractivity contribution in [1.82, 2.24) is 5.32 Å². The van der Waals surface area contributed by atoms with Crippen LogP contribution in [0, 0.1) is 5.41 Å². The molecule has 0 aliphatic carbocycles.